The van der Waals surface area contributed by atoms with Crippen LogP contribution in [0.3, 0.4) is 0 Å². The summed E-state index contributed by atoms with van der Waals surface area (Å²) in [5.41, 5.74) is 3.01. The topological polar surface area (TPSA) is 83.7 Å². The maximum atomic E-state index is 14.3. The van der Waals surface area contributed by atoms with E-state index in [0.717, 1.165) is 28.9 Å². The molecule has 0 aliphatic rings. The maximum Gasteiger partial charge on any atom is 0.229 e. The Labute approximate surface area is 157 Å². The number of sulfonamides is 1. The van der Waals surface area contributed by atoms with E-state index in [1.807, 2.05) is 30.7 Å². The number of rotatable bonds is 5. The van der Waals surface area contributed by atoms with Gasteiger partial charge < -0.3 is 9.77 Å². The molecule has 0 saturated carbocycles. The molecule has 0 fully saturated rings. The van der Waals surface area contributed by atoms with Gasteiger partial charge in [-0.3, -0.25) is 4.72 Å². The normalized spacial score (nSPS) is 12.3. The van der Waals surface area contributed by atoms with Gasteiger partial charge in [-0.05, 0) is 43.7 Å². The van der Waals surface area contributed by atoms with Gasteiger partial charge in [0.15, 0.2) is 0 Å². The number of halogens is 1. The van der Waals surface area contributed by atoms with E-state index in [-0.39, 0.29) is 11.6 Å². The minimum Gasteiger partial charge on any atom is -0.411 e. The lowest BCUT2D eigenvalue weighted by Gasteiger charge is -2.10. The van der Waals surface area contributed by atoms with E-state index in [1.54, 1.807) is 24.3 Å². The van der Waals surface area contributed by atoms with Crippen LogP contribution in [-0.4, -0.2) is 30.7 Å². The summed E-state index contributed by atoms with van der Waals surface area (Å²) in [5.74, 6) is -0.494. The van der Waals surface area contributed by atoms with Crippen LogP contribution >= 0.6 is 0 Å². The molecule has 6 nitrogen and oxygen atoms in total. The van der Waals surface area contributed by atoms with Crippen LogP contribution in [0.25, 0.3) is 22.0 Å². The van der Waals surface area contributed by atoms with Gasteiger partial charge in [-0.1, -0.05) is 17.3 Å². The number of aromatic nitrogens is 1. The van der Waals surface area contributed by atoms with E-state index >= 15 is 0 Å². The molecule has 2 N–H and O–H groups in total. The van der Waals surface area contributed by atoms with Crippen molar-refractivity contribution in [3.05, 3.63) is 54.0 Å². The highest BCUT2D eigenvalue weighted by atomic mass is 32.2. The number of anilines is 1. The minimum absolute atomic E-state index is 0.125. The molecule has 0 unspecified atom stereocenters. The molecule has 0 atom stereocenters. The number of benzene rings is 2. The monoisotopic (exact) mass is 389 g/mol. The van der Waals surface area contributed by atoms with Gasteiger partial charge in [0.25, 0.3) is 0 Å². The fourth-order valence-electron chi connectivity index (χ4n) is 3.05. The van der Waals surface area contributed by atoms with E-state index in [0.29, 0.717) is 11.3 Å². The quantitative estimate of drug-likeness (QED) is 0.390. The van der Waals surface area contributed by atoms with Crippen molar-refractivity contribution in [2.75, 3.05) is 11.0 Å². The van der Waals surface area contributed by atoms with Crippen molar-refractivity contribution in [1.29, 1.82) is 0 Å². The third kappa shape index (κ3) is 3.95. The van der Waals surface area contributed by atoms with Gasteiger partial charge in [-0.15, -0.1) is 0 Å². The lowest BCUT2D eigenvalue weighted by Crippen LogP contribution is -2.09. The van der Waals surface area contributed by atoms with Crippen LogP contribution in [0.2, 0.25) is 0 Å². The second-order valence-electron chi connectivity index (χ2n) is 6.63. The smallest absolute Gasteiger partial charge is 0.229 e. The zero-order chi connectivity index (χ0) is 19.8. The molecule has 0 aliphatic heterocycles. The van der Waals surface area contributed by atoms with Gasteiger partial charge in [0, 0.05) is 28.8 Å². The number of nitrogens with one attached hydrogen (secondary N) is 1. The van der Waals surface area contributed by atoms with E-state index < -0.39 is 15.8 Å². The first kappa shape index (κ1) is 18.9. The van der Waals surface area contributed by atoms with Crippen LogP contribution in [0.5, 0.6) is 0 Å². The van der Waals surface area contributed by atoms with Gasteiger partial charge in [0.05, 0.1) is 23.7 Å². The Morgan fingerprint density at radius 3 is 2.56 bits per heavy atom. The van der Waals surface area contributed by atoms with Crippen molar-refractivity contribution in [2.45, 2.75) is 19.9 Å². The Morgan fingerprint density at radius 2 is 1.96 bits per heavy atom. The molecule has 1 heterocycles. The molecule has 0 spiro atoms. The zero-order valence-corrected chi connectivity index (χ0v) is 16.0. The van der Waals surface area contributed by atoms with Crippen molar-refractivity contribution < 1.29 is 18.0 Å². The van der Waals surface area contributed by atoms with E-state index in [2.05, 4.69) is 9.88 Å². The maximum absolute atomic E-state index is 14.3. The Balaban J connectivity index is 2.18. The Hall–Kier alpha value is -2.87. The predicted octanol–water partition coefficient (Wildman–Crippen LogP) is 4.21. The van der Waals surface area contributed by atoms with Crippen molar-refractivity contribution in [2.24, 2.45) is 5.16 Å². The van der Waals surface area contributed by atoms with Gasteiger partial charge >= 0.3 is 0 Å². The molecule has 27 heavy (non-hydrogen) atoms. The number of nitrogens with zero attached hydrogens (tertiary/aromatic N) is 2. The molecule has 8 heteroatoms. The van der Waals surface area contributed by atoms with Crippen LogP contribution in [0, 0.1) is 5.82 Å². The van der Waals surface area contributed by atoms with Gasteiger partial charge in [0.2, 0.25) is 10.0 Å². The first-order chi connectivity index (χ1) is 12.7. The summed E-state index contributed by atoms with van der Waals surface area (Å²) < 4.78 is 41.8. The third-order valence-electron chi connectivity index (χ3n) is 4.20. The van der Waals surface area contributed by atoms with Crippen molar-refractivity contribution in [1.82, 2.24) is 4.57 Å². The van der Waals surface area contributed by atoms with Gasteiger partial charge in [-0.25, -0.2) is 12.8 Å². The number of oxime groups is 1. The Kier molecular flexibility index (Phi) is 4.93. The second-order valence-corrected chi connectivity index (χ2v) is 8.38. The highest BCUT2D eigenvalue weighted by molar-refractivity contribution is 7.92. The number of hydrogen-bond donors (Lipinski definition) is 2. The lowest BCUT2D eigenvalue weighted by molar-refractivity contribution is 0.321. The molecule has 0 saturated heterocycles. The molecule has 0 amide bonds. The van der Waals surface area contributed by atoms with Crippen LogP contribution in [0.1, 0.15) is 25.5 Å². The molecular formula is C19H20FN3O3S. The average molecular weight is 389 g/mol. The molecule has 3 rings (SSSR count). The summed E-state index contributed by atoms with van der Waals surface area (Å²) in [5, 5.41) is 12.3. The zero-order valence-electron chi connectivity index (χ0n) is 15.1. The summed E-state index contributed by atoms with van der Waals surface area (Å²) in [6, 6.07) is 10.1. The summed E-state index contributed by atoms with van der Waals surface area (Å²) in [6.45, 7) is 4.03. The van der Waals surface area contributed by atoms with Crippen molar-refractivity contribution in [3.63, 3.8) is 0 Å². The van der Waals surface area contributed by atoms with Gasteiger partial charge in [-0.2, -0.15) is 0 Å². The largest absolute Gasteiger partial charge is 0.411 e. The van der Waals surface area contributed by atoms with E-state index in [4.69, 9.17) is 5.21 Å². The molecular weight excluding hydrogens is 369 g/mol. The van der Waals surface area contributed by atoms with Crippen molar-refractivity contribution in [3.8, 4) is 11.1 Å². The van der Waals surface area contributed by atoms with Crippen molar-refractivity contribution >= 4 is 32.8 Å². The second kappa shape index (κ2) is 7.03. The Morgan fingerprint density at radius 1 is 1.22 bits per heavy atom. The minimum atomic E-state index is -3.38. The first-order valence-corrected chi connectivity index (χ1v) is 10.2. The molecule has 0 bridgehead atoms. The highest BCUT2D eigenvalue weighted by Crippen LogP contribution is 2.34. The number of fused-ring (bicyclic) bond motifs is 1. The summed E-state index contributed by atoms with van der Waals surface area (Å²) in [6.07, 6.45) is 4.07. The molecule has 0 aliphatic carbocycles. The van der Waals surface area contributed by atoms with Crippen LogP contribution < -0.4 is 4.72 Å². The van der Waals surface area contributed by atoms with E-state index in [9.17, 15) is 12.8 Å². The molecule has 0 radical (unpaired) electrons. The predicted molar refractivity (Wildman–Crippen MR) is 106 cm³/mol. The van der Waals surface area contributed by atoms with Crippen LogP contribution in [-0.2, 0) is 10.0 Å². The molecule has 3 aromatic rings. The average Bonchev–Trinajstić information content (AvgIpc) is 2.94. The first-order valence-electron chi connectivity index (χ1n) is 8.29. The number of hydrogen-bond acceptors (Lipinski definition) is 4. The fourth-order valence-corrected chi connectivity index (χ4v) is 3.60. The SMILES string of the molecule is CC(C)n1cc(-c2ccc(/C=N/O)c(F)c2)c2ccc(NS(C)(=O)=O)cc21. The van der Waals surface area contributed by atoms with Crippen LogP contribution in [0.15, 0.2) is 47.8 Å². The summed E-state index contributed by atoms with van der Waals surface area (Å²) in [7, 11) is -3.38. The van der Waals surface area contributed by atoms with Crippen LogP contribution in [0.4, 0.5) is 10.1 Å². The third-order valence-corrected chi connectivity index (χ3v) is 4.81. The molecule has 1 aromatic heterocycles. The molecule has 2 aromatic carbocycles. The highest BCUT2D eigenvalue weighted by Gasteiger charge is 2.15. The summed E-state index contributed by atoms with van der Waals surface area (Å²) >= 11 is 0. The lowest BCUT2D eigenvalue weighted by atomic mass is 10.0. The fraction of sp³-hybridized carbons (Fsp3) is 0.211. The standard InChI is InChI=1S/C19H20FN3O3S/c1-12(2)23-11-17(13-4-5-14(10-21-24)18(20)8-13)16-7-6-15(9-19(16)23)22-27(3,25)26/h4-12,22,24H,1-3H3/b21-10+. The van der Waals surface area contributed by atoms with Gasteiger partial charge in [0.1, 0.15) is 5.82 Å². The summed E-state index contributed by atoms with van der Waals surface area (Å²) in [4.78, 5) is 0. The van der Waals surface area contributed by atoms with E-state index in [1.165, 1.54) is 6.07 Å². The molecule has 142 valence electrons. The Bertz CT molecular complexity index is 1130.